The zero-order valence-corrected chi connectivity index (χ0v) is 12.9. The third kappa shape index (κ3) is 4.12. The molecular formula is C16H11N3O6. The van der Waals surface area contributed by atoms with Crippen LogP contribution in [0, 0.1) is 10.1 Å². The number of esters is 2. The average Bonchev–Trinajstić information content (AvgIpc) is 2.62. The van der Waals surface area contributed by atoms with Crippen LogP contribution in [-0.2, 0) is 9.53 Å². The second kappa shape index (κ2) is 7.62. The van der Waals surface area contributed by atoms with Crippen LogP contribution >= 0.6 is 0 Å². The molecule has 0 fully saturated rings. The number of ether oxygens (including phenoxy) is 2. The molecule has 0 aliphatic carbocycles. The first-order chi connectivity index (χ1) is 12.0. The fraction of sp³-hybridized carbons (Fsp3) is 0.0625. The van der Waals surface area contributed by atoms with E-state index in [4.69, 9.17) is 10.3 Å². The van der Waals surface area contributed by atoms with Crippen molar-refractivity contribution in [1.29, 1.82) is 0 Å². The van der Waals surface area contributed by atoms with Gasteiger partial charge in [0, 0.05) is 12.1 Å². The number of hydrogen-bond acceptors (Lipinski definition) is 6. The molecule has 0 saturated heterocycles. The van der Waals surface area contributed by atoms with Crippen LogP contribution < -0.4 is 4.74 Å². The molecule has 0 aliphatic rings. The van der Waals surface area contributed by atoms with E-state index in [0.29, 0.717) is 5.75 Å². The van der Waals surface area contributed by atoms with Crippen molar-refractivity contribution in [2.45, 2.75) is 0 Å². The Labute approximate surface area is 141 Å². The molecule has 2 aromatic carbocycles. The van der Waals surface area contributed by atoms with Gasteiger partial charge in [-0.25, -0.2) is 9.59 Å². The van der Waals surface area contributed by atoms with E-state index in [2.05, 4.69) is 9.53 Å². The molecule has 9 heteroatoms. The van der Waals surface area contributed by atoms with Gasteiger partial charge in [0.05, 0.1) is 23.2 Å². The first-order valence-corrected chi connectivity index (χ1v) is 6.83. The van der Waals surface area contributed by atoms with Crippen molar-refractivity contribution in [1.82, 2.24) is 0 Å². The zero-order chi connectivity index (χ0) is 18.4. The summed E-state index contributed by atoms with van der Waals surface area (Å²) in [7, 11) is 1.46. The predicted molar refractivity (Wildman–Crippen MR) is 84.2 cm³/mol. The molecule has 2 rings (SSSR count). The summed E-state index contributed by atoms with van der Waals surface area (Å²) in [6.45, 7) is 0. The Kier molecular flexibility index (Phi) is 5.34. The van der Waals surface area contributed by atoms with Crippen molar-refractivity contribution in [3.05, 3.63) is 75.3 Å². The quantitative estimate of drug-likeness (QED) is 0.155. The van der Waals surface area contributed by atoms with Crippen LogP contribution in [0.5, 0.6) is 5.75 Å². The number of hydrogen-bond donors (Lipinski definition) is 0. The van der Waals surface area contributed by atoms with Gasteiger partial charge in [0.2, 0.25) is 0 Å². The highest BCUT2D eigenvalue weighted by Crippen LogP contribution is 2.14. The molecule has 0 heterocycles. The fourth-order valence-electron chi connectivity index (χ4n) is 1.88. The predicted octanol–water partition coefficient (Wildman–Crippen LogP) is 2.01. The van der Waals surface area contributed by atoms with Gasteiger partial charge >= 0.3 is 17.7 Å². The molecule has 0 bridgehead atoms. The number of carbonyl (C=O) groups is 2. The third-order valence-electron chi connectivity index (χ3n) is 3.16. The zero-order valence-electron chi connectivity index (χ0n) is 12.9. The van der Waals surface area contributed by atoms with E-state index < -0.39 is 22.6 Å². The summed E-state index contributed by atoms with van der Waals surface area (Å²) in [5, 5.41) is 10.6. The summed E-state index contributed by atoms with van der Waals surface area (Å²) < 4.78 is 9.60. The van der Waals surface area contributed by atoms with Crippen LogP contribution in [0.15, 0.2) is 48.5 Å². The molecule has 0 aliphatic heterocycles. The first-order valence-electron chi connectivity index (χ1n) is 6.83. The highest BCUT2D eigenvalue weighted by atomic mass is 16.6. The average molecular weight is 341 g/mol. The Bertz CT molecular complexity index is 868. The standard InChI is InChI=1S/C16H11N3O6/c1-24-13-8-4-11(5-9-13)15(20)25-16(21)14(18-17)10-2-6-12(7-3-10)19(22)23/h2-9H,1H3. The van der Waals surface area contributed by atoms with Gasteiger partial charge in [0.25, 0.3) is 5.69 Å². The number of non-ortho nitro benzene ring substituents is 1. The summed E-state index contributed by atoms with van der Waals surface area (Å²) in [4.78, 5) is 36.7. The molecule has 9 nitrogen and oxygen atoms in total. The van der Waals surface area contributed by atoms with Gasteiger partial charge in [-0.1, -0.05) is 0 Å². The monoisotopic (exact) mass is 341 g/mol. The minimum absolute atomic E-state index is 0.0561. The summed E-state index contributed by atoms with van der Waals surface area (Å²) in [5.74, 6) is -1.63. The van der Waals surface area contributed by atoms with Crippen LogP contribution in [0.4, 0.5) is 5.69 Å². The lowest BCUT2D eigenvalue weighted by molar-refractivity contribution is -0.384. The van der Waals surface area contributed by atoms with Gasteiger partial charge in [-0.15, -0.1) is 0 Å². The summed E-state index contributed by atoms with van der Waals surface area (Å²) in [5.41, 5.74) is 8.39. The van der Waals surface area contributed by atoms with Crippen molar-refractivity contribution in [3.8, 4) is 5.75 Å². The maximum Gasteiger partial charge on any atom is 0.430 e. The van der Waals surface area contributed by atoms with Gasteiger partial charge < -0.3 is 15.0 Å². The number of rotatable bonds is 5. The largest absolute Gasteiger partial charge is 0.497 e. The topological polar surface area (TPSA) is 132 Å². The van der Waals surface area contributed by atoms with Crippen LogP contribution in [0.2, 0.25) is 0 Å². The number of nitrogens with zero attached hydrogens (tertiary/aromatic N) is 3. The van der Waals surface area contributed by atoms with Crippen molar-refractivity contribution < 1.29 is 28.8 Å². The van der Waals surface area contributed by atoms with Crippen LogP contribution in [-0.4, -0.2) is 34.5 Å². The second-order valence-electron chi connectivity index (χ2n) is 4.66. The second-order valence-corrected chi connectivity index (χ2v) is 4.66. The highest BCUT2D eigenvalue weighted by Gasteiger charge is 2.28. The smallest absolute Gasteiger partial charge is 0.430 e. The fourth-order valence-corrected chi connectivity index (χ4v) is 1.88. The minimum atomic E-state index is -1.20. The highest BCUT2D eigenvalue weighted by molar-refractivity contribution is 6.42. The lowest BCUT2D eigenvalue weighted by Crippen LogP contribution is -2.23. The van der Waals surface area contributed by atoms with Crippen LogP contribution in [0.25, 0.3) is 5.53 Å². The maximum absolute atomic E-state index is 12.0. The molecular weight excluding hydrogens is 330 g/mol. The Morgan fingerprint density at radius 2 is 1.60 bits per heavy atom. The lowest BCUT2D eigenvalue weighted by atomic mass is 10.1. The first kappa shape index (κ1) is 17.5. The van der Waals surface area contributed by atoms with E-state index in [-0.39, 0.29) is 16.8 Å². The summed E-state index contributed by atoms with van der Waals surface area (Å²) in [6, 6.07) is 10.5. The van der Waals surface area contributed by atoms with Gasteiger partial charge in [-0.05, 0) is 36.4 Å². The summed E-state index contributed by atoms with van der Waals surface area (Å²) >= 11 is 0. The maximum atomic E-state index is 12.0. The normalized spacial score (nSPS) is 9.64. The third-order valence-corrected chi connectivity index (χ3v) is 3.16. The molecule has 0 amide bonds. The Morgan fingerprint density at radius 1 is 1.04 bits per heavy atom. The van der Waals surface area contributed by atoms with E-state index >= 15 is 0 Å². The van der Waals surface area contributed by atoms with Gasteiger partial charge in [-0.3, -0.25) is 10.1 Å². The van der Waals surface area contributed by atoms with Crippen molar-refractivity contribution in [2.75, 3.05) is 7.11 Å². The van der Waals surface area contributed by atoms with E-state index in [1.165, 1.54) is 43.5 Å². The van der Waals surface area contributed by atoms with Crippen molar-refractivity contribution in [2.24, 2.45) is 0 Å². The van der Waals surface area contributed by atoms with Crippen molar-refractivity contribution >= 4 is 23.3 Å². The van der Waals surface area contributed by atoms with Crippen molar-refractivity contribution in [3.63, 3.8) is 0 Å². The number of carbonyl (C=O) groups excluding carboxylic acids is 2. The number of methoxy groups -OCH3 is 1. The molecule has 2 aromatic rings. The van der Waals surface area contributed by atoms with E-state index in [9.17, 15) is 19.7 Å². The molecule has 0 radical (unpaired) electrons. The lowest BCUT2D eigenvalue weighted by Gasteiger charge is -2.02. The minimum Gasteiger partial charge on any atom is -0.497 e. The number of nitro groups is 1. The molecule has 126 valence electrons. The molecule has 0 N–H and O–H groups in total. The number of benzene rings is 2. The Balaban J connectivity index is 2.15. The van der Waals surface area contributed by atoms with Gasteiger partial charge in [0.1, 0.15) is 5.75 Å². The van der Waals surface area contributed by atoms with E-state index in [0.717, 1.165) is 12.1 Å². The van der Waals surface area contributed by atoms with E-state index in [1.54, 1.807) is 0 Å². The summed E-state index contributed by atoms with van der Waals surface area (Å²) in [6.07, 6.45) is 0. The molecule has 25 heavy (non-hydrogen) atoms. The Morgan fingerprint density at radius 3 is 2.08 bits per heavy atom. The number of nitro benzene ring substituents is 1. The molecule has 0 unspecified atom stereocenters. The van der Waals surface area contributed by atoms with Crippen LogP contribution in [0.3, 0.4) is 0 Å². The molecule has 0 atom stereocenters. The Hall–Kier alpha value is -3.84. The molecule has 0 aromatic heterocycles. The molecule has 0 saturated carbocycles. The molecule has 0 spiro atoms. The SMILES string of the molecule is COc1ccc(C(=O)OC(=O)C(=[N+]=[N-])c2ccc([N+](=O)[O-])cc2)cc1. The van der Waals surface area contributed by atoms with Crippen LogP contribution in [0.1, 0.15) is 15.9 Å². The van der Waals surface area contributed by atoms with Gasteiger partial charge in [0.15, 0.2) is 0 Å². The van der Waals surface area contributed by atoms with E-state index in [1.807, 2.05) is 0 Å². The van der Waals surface area contributed by atoms with Gasteiger partial charge in [-0.2, -0.15) is 4.79 Å².